The van der Waals surface area contributed by atoms with E-state index < -0.39 is 0 Å². The van der Waals surface area contributed by atoms with E-state index in [0.29, 0.717) is 5.92 Å². The summed E-state index contributed by atoms with van der Waals surface area (Å²) in [7, 11) is 0. The van der Waals surface area contributed by atoms with Crippen LogP contribution >= 0.6 is 0 Å². The van der Waals surface area contributed by atoms with Gasteiger partial charge in [0.15, 0.2) is 0 Å². The van der Waals surface area contributed by atoms with Crippen molar-refractivity contribution in [2.45, 2.75) is 45.4 Å². The molecule has 0 saturated carbocycles. The molecule has 1 aliphatic carbocycles. The van der Waals surface area contributed by atoms with Crippen LogP contribution in [0.15, 0.2) is 24.3 Å². The van der Waals surface area contributed by atoms with E-state index in [2.05, 4.69) is 44.2 Å². The van der Waals surface area contributed by atoms with Crippen LogP contribution in [-0.4, -0.2) is 0 Å². The average Bonchev–Trinajstić information content (AvgIpc) is 2.62. The molecule has 2 rings (SSSR count). The fourth-order valence-corrected chi connectivity index (χ4v) is 2.36. The molecule has 0 bridgehead atoms. The molecule has 0 heterocycles. The summed E-state index contributed by atoms with van der Waals surface area (Å²) in [5.74, 6) is 0.617. The Bertz CT molecular complexity index is 360. The molecule has 1 aromatic rings. The van der Waals surface area contributed by atoms with Crippen molar-refractivity contribution in [1.82, 2.24) is 0 Å². The summed E-state index contributed by atoms with van der Waals surface area (Å²) in [5.41, 5.74) is 4.56. The molecule has 80 valence electrons. The van der Waals surface area contributed by atoms with Crippen molar-refractivity contribution in [2.24, 2.45) is 0 Å². The Morgan fingerprint density at radius 3 is 2.87 bits per heavy atom. The molecule has 1 atom stereocenters. The number of aryl methyl sites for hydroxylation is 1. The van der Waals surface area contributed by atoms with E-state index in [1.54, 1.807) is 5.56 Å². The summed E-state index contributed by atoms with van der Waals surface area (Å²) < 4.78 is 0. The van der Waals surface area contributed by atoms with E-state index in [0.717, 1.165) is 0 Å². The molecular weight excluding hydrogens is 180 g/mol. The zero-order chi connectivity index (χ0) is 10.7. The van der Waals surface area contributed by atoms with Crippen LogP contribution < -0.4 is 0 Å². The number of unbranched alkanes of at least 4 members (excludes halogenated alkanes) is 2. The Kier molecular flexibility index (Phi) is 3.25. The maximum absolute atomic E-state index is 2.31. The first-order valence-corrected chi connectivity index (χ1v) is 6.13. The topological polar surface area (TPSA) is 0 Å². The van der Waals surface area contributed by atoms with E-state index in [-0.39, 0.29) is 0 Å². The van der Waals surface area contributed by atoms with Crippen LogP contribution in [0.3, 0.4) is 0 Å². The van der Waals surface area contributed by atoms with Gasteiger partial charge < -0.3 is 0 Å². The standard InChI is InChI=1S/C15H20/c1-3-4-5-7-13-8-6-9-14-12(2)10-11-15(13)14/h6,8-12H,3-5,7H2,1-2H3. The molecule has 1 aliphatic rings. The van der Waals surface area contributed by atoms with Crippen molar-refractivity contribution >= 4 is 6.08 Å². The first kappa shape index (κ1) is 10.5. The number of hydrogen-bond donors (Lipinski definition) is 0. The zero-order valence-electron chi connectivity index (χ0n) is 9.79. The van der Waals surface area contributed by atoms with Gasteiger partial charge in [-0.05, 0) is 35.4 Å². The zero-order valence-corrected chi connectivity index (χ0v) is 9.79. The quantitative estimate of drug-likeness (QED) is 0.625. The lowest BCUT2D eigenvalue weighted by molar-refractivity contribution is 0.716. The lowest BCUT2D eigenvalue weighted by Crippen LogP contribution is -1.93. The Morgan fingerprint density at radius 2 is 2.07 bits per heavy atom. The number of allylic oxidation sites excluding steroid dienone is 1. The molecule has 0 spiro atoms. The van der Waals surface area contributed by atoms with E-state index in [1.165, 1.54) is 36.8 Å². The van der Waals surface area contributed by atoms with E-state index in [9.17, 15) is 0 Å². The predicted molar refractivity (Wildman–Crippen MR) is 67.1 cm³/mol. The van der Waals surface area contributed by atoms with Gasteiger partial charge in [-0.25, -0.2) is 0 Å². The van der Waals surface area contributed by atoms with Gasteiger partial charge in [0.2, 0.25) is 0 Å². The number of rotatable bonds is 4. The summed E-state index contributed by atoms with van der Waals surface area (Å²) in [6.07, 6.45) is 9.85. The molecule has 0 fully saturated rings. The highest BCUT2D eigenvalue weighted by Crippen LogP contribution is 2.32. The molecule has 0 amide bonds. The third kappa shape index (κ3) is 2.14. The third-order valence-corrected chi connectivity index (χ3v) is 3.32. The molecule has 0 heteroatoms. The molecule has 0 radical (unpaired) electrons. The Labute approximate surface area is 93.0 Å². The monoisotopic (exact) mass is 200 g/mol. The van der Waals surface area contributed by atoms with Crippen LogP contribution in [0.4, 0.5) is 0 Å². The molecule has 0 N–H and O–H groups in total. The van der Waals surface area contributed by atoms with Crippen LogP contribution in [0.5, 0.6) is 0 Å². The van der Waals surface area contributed by atoms with Gasteiger partial charge in [-0.3, -0.25) is 0 Å². The first-order chi connectivity index (χ1) is 7.33. The third-order valence-electron chi connectivity index (χ3n) is 3.32. The van der Waals surface area contributed by atoms with Gasteiger partial charge in [0.1, 0.15) is 0 Å². The number of fused-ring (bicyclic) bond motifs is 1. The normalized spacial score (nSPS) is 18.1. The Hall–Kier alpha value is -1.04. The van der Waals surface area contributed by atoms with Gasteiger partial charge in [-0.2, -0.15) is 0 Å². The maximum Gasteiger partial charge on any atom is -0.000107 e. The van der Waals surface area contributed by atoms with Gasteiger partial charge in [0.25, 0.3) is 0 Å². The van der Waals surface area contributed by atoms with Crippen molar-refractivity contribution in [3.63, 3.8) is 0 Å². The summed E-state index contributed by atoms with van der Waals surface area (Å²) in [6.45, 7) is 4.54. The Balaban J connectivity index is 2.15. The highest BCUT2D eigenvalue weighted by molar-refractivity contribution is 5.65. The molecule has 15 heavy (non-hydrogen) atoms. The minimum Gasteiger partial charge on any atom is -0.0767 e. The minimum absolute atomic E-state index is 0.617. The summed E-state index contributed by atoms with van der Waals surface area (Å²) in [5, 5.41) is 0. The van der Waals surface area contributed by atoms with E-state index in [4.69, 9.17) is 0 Å². The smallest absolute Gasteiger partial charge is 0.000107 e. The van der Waals surface area contributed by atoms with Crippen LogP contribution in [0, 0.1) is 0 Å². The lowest BCUT2D eigenvalue weighted by Gasteiger charge is -2.09. The number of benzene rings is 1. The lowest BCUT2D eigenvalue weighted by atomic mass is 9.96. The molecule has 0 nitrogen and oxygen atoms in total. The van der Waals surface area contributed by atoms with Gasteiger partial charge >= 0.3 is 0 Å². The van der Waals surface area contributed by atoms with Crippen molar-refractivity contribution < 1.29 is 0 Å². The molecular formula is C15H20. The van der Waals surface area contributed by atoms with Crippen LogP contribution in [0.25, 0.3) is 6.08 Å². The highest BCUT2D eigenvalue weighted by atomic mass is 14.2. The van der Waals surface area contributed by atoms with Gasteiger partial charge in [-0.1, -0.05) is 57.0 Å². The van der Waals surface area contributed by atoms with Crippen LogP contribution in [-0.2, 0) is 6.42 Å². The second-order valence-electron chi connectivity index (χ2n) is 4.52. The second kappa shape index (κ2) is 4.65. The largest absolute Gasteiger partial charge is 0.0767 e. The van der Waals surface area contributed by atoms with Crippen molar-refractivity contribution in [1.29, 1.82) is 0 Å². The van der Waals surface area contributed by atoms with Gasteiger partial charge in [-0.15, -0.1) is 0 Å². The summed E-state index contributed by atoms with van der Waals surface area (Å²) >= 11 is 0. The molecule has 0 aromatic heterocycles. The average molecular weight is 200 g/mol. The van der Waals surface area contributed by atoms with E-state index >= 15 is 0 Å². The van der Waals surface area contributed by atoms with Gasteiger partial charge in [0, 0.05) is 0 Å². The van der Waals surface area contributed by atoms with E-state index in [1.807, 2.05) is 0 Å². The molecule has 1 aromatic carbocycles. The molecule has 0 saturated heterocycles. The van der Waals surface area contributed by atoms with Crippen molar-refractivity contribution in [2.75, 3.05) is 0 Å². The second-order valence-corrected chi connectivity index (χ2v) is 4.52. The van der Waals surface area contributed by atoms with Crippen molar-refractivity contribution in [3.8, 4) is 0 Å². The minimum atomic E-state index is 0.617. The van der Waals surface area contributed by atoms with Crippen LogP contribution in [0.2, 0.25) is 0 Å². The number of hydrogen-bond acceptors (Lipinski definition) is 0. The fourth-order valence-electron chi connectivity index (χ4n) is 2.36. The summed E-state index contributed by atoms with van der Waals surface area (Å²) in [6, 6.07) is 6.77. The summed E-state index contributed by atoms with van der Waals surface area (Å²) in [4.78, 5) is 0. The van der Waals surface area contributed by atoms with Gasteiger partial charge in [0.05, 0.1) is 0 Å². The molecule has 1 unspecified atom stereocenters. The van der Waals surface area contributed by atoms with Crippen LogP contribution in [0.1, 0.15) is 55.7 Å². The fraction of sp³-hybridized carbons (Fsp3) is 0.467. The van der Waals surface area contributed by atoms with Crippen molar-refractivity contribution in [3.05, 3.63) is 41.0 Å². The SMILES string of the molecule is CCCCCc1cccc2c1C=CC2C. The molecule has 0 aliphatic heterocycles. The highest BCUT2D eigenvalue weighted by Gasteiger charge is 2.14. The first-order valence-electron chi connectivity index (χ1n) is 6.13. The maximum atomic E-state index is 2.31. The predicted octanol–water partition coefficient (Wildman–Crippen LogP) is 4.55. The Morgan fingerprint density at radius 1 is 1.20 bits per heavy atom.